The molecular formula is C37H29F3N6O5. The molecule has 0 unspecified atom stereocenters. The zero-order chi connectivity index (χ0) is 35.3. The molecule has 0 spiro atoms. The van der Waals surface area contributed by atoms with Crippen molar-refractivity contribution in [3.8, 4) is 46.4 Å². The van der Waals surface area contributed by atoms with Crippen LogP contribution in [-0.2, 0) is 30.9 Å². The fourth-order valence-electron chi connectivity index (χ4n) is 5.40. The highest BCUT2D eigenvalue weighted by Gasteiger charge is 2.26. The van der Waals surface area contributed by atoms with E-state index in [1.807, 2.05) is 30.3 Å². The Morgan fingerprint density at radius 2 is 1.69 bits per heavy atom. The van der Waals surface area contributed by atoms with E-state index >= 15 is 8.78 Å². The number of methoxy groups -OCH3 is 1. The van der Waals surface area contributed by atoms with Gasteiger partial charge < -0.3 is 28.0 Å². The lowest BCUT2D eigenvalue weighted by atomic mass is 10.0. The summed E-state index contributed by atoms with van der Waals surface area (Å²) in [7, 11) is 1.60. The van der Waals surface area contributed by atoms with Crippen LogP contribution >= 0.6 is 0 Å². The number of nitriles is 1. The number of aromatic nitrogens is 5. The quantitative estimate of drug-likeness (QED) is 0.127. The van der Waals surface area contributed by atoms with Crippen LogP contribution in [0.25, 0.3) is 22.8 Å². The molecule has 11 nitrogen and oxygen atoms in total. The van der Waals surface area contributed by atoms with Gasteiger partial charge in [0.1, 0.15) is 42.2 Å². The summed E-state index contributed by atoms with van der Waals surface area (Å²) < 4.78 is 75.0. The maximum absolute atomic E-state index is 15.6. The summed E-state index contributed by atoms with van der Waals surface area (Å²) in [5, 5.41) is 21.6. The predicted octanol–water partition coefficient (Wildman–Crippen LogP) is 6.83. The average Bonchev–Trinajstić information content (AvgIpc) is 3.76. The second-order valence-electron chi connectivity index (χ2n) is 11.7. The molecule has 258 valence electrons. The largest absolute Gasteiger partial charge is 0.497 e. The number of pyridine rings is 1. The Hall–Kier alpha value is -6.20. The van der Waals surface area contributed by atoms with E-state index in [2.05, 4.69) is 20.3 Å². The molecule has 51 heavy (non-hydrogen) atoms. The minimum absolute atomic E-state index is 0.0516. The third kappa shape index (κ3) is 7.53. The molecule has 7 rings (SSSR count). The molecule has 3 aromatic carbocycles. The molecule has 0 saturated carbocycles. The standard InChI is InChI=1S/C37H29F3N6O5/c1-47-26-9-6-22(7-10-26)20-49-36-17-33(51-45-36)37-44-43-34(46(37)19-27-11-12-48-27)15-25-14-31(40)28(16-30(25)39)32-3-2-4-35(42-32)50-21-24-8-5-23(18-41)13-29(24)38/h2-10,13-14,16-17,27H,11-12,15,19-21H2,1H3/t27-/m0/s1. The van der Waals surface area contributed by atoms with Gasteiger partial charge in [0.15, 0.2) is 0 Å². The van der Waals surface area contributed by atoms with E-state index in [9.17, 15) is 4.39 Å². The minimum Gasteiger partial charge on any atom is -0.497 e. The van der Waals surface area contributed by atoms with Gasteiger partial charge in [0.05, 0.1) is 43.2 Å². The molecule has 14 heteroatoms. The summed E-state index contributed by atoms with van der Waals surface area (Å²) in [4.78, 5) is 4.30. The molecule has 1 saturated heterocycles. The number of benzene rings is 3. The van der Waals surface area contributed by atoms with Crippen molar-refractivity contribution >= 4 is 0 Å². The molecule has 0 radical (unpaired) electrons. The molecule has 6 aromatic rings. The Kier molecular flexibility index (Phi) is 9.62. The predicted molar refractivity (Wildman–Crippen MR) is 175 cm³/mol. The van der Waals surface area contributed by atoms with Gasteiger partial charge in [-0.2, -0.15) is 5.26 Å². The highest BCUT2D eigenvalue weighted by atomic mass is 19.1. The van der Waals surface area contributed by atoms with Gasteiger partial charge >= 0.3 is 0 Å². The third-order valence-corrected chi connectivity index (χ3v) is 8.30. The lowest BCUT2D eigenvalue weighted by Gasteiger charge is -2.27. The third-order valence-electron chi connectivity index (χ3n) is 8.30. The molecular weight excluding hydrogens is 665 g/mol. The van der Waals surface area contributed by atoms with Crippen LogP contribution in [0.1, 0.15) is 34.5 Å². The molecule has 3 aromatic heterocycles. The van der Waals surface area contributed by atoms with Crippen LogP contribution in [0.4, 0.5) is 13.2 Å². The summed E-state index contributed by atoms with van der Waals surface area (Å²) in [6.45, 7) is 1.06. The maximum atomic E-state index is 15.6. The van der Waals surface area contributed by atoms with Gasteiger partial charge in [-0.25, -0.2) is 18.2 Å². The maximum Gasteiger partial charge on any atom is 0.255 e. The molecule has 1 aliphatic heterocycles. The summed E-state index contributed by atoms with van der Waals surface area (Å²) in [6.07, 6.45) is 0.634. The molecule has 0 aliphatic carbocycles. The molecule has 1 fully saturated rings. The fourth-order valence-corrected chi connectivity index (χ4v) is 5.40. The van der Waals surface area contributed by atoms with E-state index < -0.39 is 17.5 Å². The number of nitrogens with zero attached hydrogens (tertiary/aromatic N) is 6. The number of rotatable bonds is 13. The van der Waals surface area contributed by atoms with Gasteiger partial charge in [-0.3, -0.25) is 0 Å². The monoisotopic (exact) mass is 694 g/mol. The molecule has 1 atom stereocenters. The lowest BCUT2D eigenvalue weighted by molar-refractivity contribution is -0.0593. The number of halogens is 3. The van der Waals surface area contributed by atoms with Crippen LogP contribution in [0.15, 0.2) is 83.4 Å². The number of hydrogen-bond donors (Lipinski definition) is 0. The highest BCUT2D eigenvalue weighted by molar-refractivity contribution is 5.61. The first-order valence-electron chi connectivity index (χ1n) is 15.9. The van der Waals surface area contributed by atoms with Crippen molar-refractivity contribution in [1.82, 2.24) is 24.9 Å². The Balaban J connectivity index is 1.08. The van der Waals surface area contributed by atoms with E-state index in [-0.39, 0.29) is 71.2 Å². The van der Waals surface area contributed by atoms with Crippen molar-refractivity contribution in [1.29, 1.82) is 5.26 Å². The minimum atomic E-state index is -0.711. The zero-order valence-corrected chi connectivity index (χ0v) is 27.2. The van der Waals surface area contributed by atoms with Crippen LogP contribution in [0, 0.1) is 28.8 Å². The van der Waals surface area contributed by atoms with Crippen molar-refractivity contribution in [2.24, 2.45) is 0 Å². The summed E-state index contributed by atoms with van der Waals surface area (Å²) >= 11 is 0. The highest BCUT2D eigenvalue weighted by Crippen LogP contribution is 2.30. The first-order valence-corrected chi connectivity index (χ1v) is 15.9. The first-order chi connectivity index (χ1) is 24.9. The van der Waals surface area contributed by atoms with Gasteiger partial charge in [0, 0.05) is 30.2 Å². The van der Waals surface area contributed by atoms with E-state index in [1.165, 1.54) is 24.3 Å². The van der Waals surface area contributed by atoms with Gasteiger partial charge in [-0.1, -0.05) is 24.3 Å². The van der Waals surface area contributed by atoms with Crippen molar-refractivity contribution in [2.75, 3.05) is 13.7 Å². The normalized spacial score (nSPS) is 13.7. The van der Waals surface area contributed by atoms with Crippen LogP contribution in [0.5, 0.6) is 17.5 Å². The zero-order valence-electron chi connectivity index (χ0n) is 27.2. The Labute approximate surface area is 289 Å². The van der Waals surface area contributed by atoms with Crippen molar-refractivity contribution in [3.63, 3.8) is 0 Å². The average molecular weight is 695 g/mol. The Morgan fingerprint density at radius 3 is 2.43 bits per heavy atom. The van der Waals surface area contributed by atoms with Gasteiger partial charge in [0.25, 0.3) is 5.88 Å². The molecule has 4 heterocycles. The summed E-state index contributed by atoms with van der Waals surface area (Å²) in [6, 6.07) is 21.7. The van der Waals surface area contributed by atoms with Crippen molar-refractivity contribution in [3.05, 3.63) is 124 Å². The van der Waals surface area contributed by atoms with Gasteiger partial charge in [-0.15, -0.1) is 10.2 Å². The second-order valence-corrected chi connectivity index (χ2v) is 11.7. The first kappa shape index (κ1) is 33.3. The topological polar surface area (TPSA) is 130 Å². The SMILES string of the molecule is COc1ccc(COc2cc(-c3nnc(Cc4cc(F)c(-c5cccc(OCc6ccc(C#N)cc6F)n5)cc4F)n3C[C@@H]3CCO3)on2)cc1. The van der Waals surface area contributed by atoms with Crippen molar-refractivity contribution in [2.45, 2.75) is 38.7 Å². The van der Waals surface area contributed by atoms with Crippen molar-refractivity contribution < 1.29 is 36.6 Å². The molecule has 0 bridgehead atoms. The second kappa shape index (κ2) is 14.7. The summed E-state index contributed by atoms with van der Waals surface area (Å²) in [5.74, 6) is 0.0642. The van der Waals surface area contributed by atoms with E-state index in [1.54, 1.807) is 23.8 Å². The summed E-state index contributed by atoms with van der Waals surface area (Å²) in [5.41, 5.74) is 1.39. The van der Waals surface area contributed by atoms with E-state index in [4.69, 9.17) is 28.7 Å². The fraction of sp³-hybridized carbons (Fsp3) is 0.216. The molecule has 0 amide bonds. The smallest absolute Gasteiger partial charge is 0.255 e. The van der Waals surface area contributed by atoms with Crippen LogP contribution in [0.3, 0.4) is 0 Å². The number of hydrogen-bond acceptors (Lipinski definition) is 10. The Bertz CT molecular complexity index is 2210. The molecule has 0 N–H and O–H groups in total. The number of ether oxygens (including phenoxy) is 4. The van der Waals surface area contributed by atoms with Crippen LogP contribution in [0.2, 0.25) is 0 Å². The van der Waals surface area contributed by atoms with E-state index in [0.29, 0.717) is 24.8 Å². The van der Waals surface area contributed by atoms with Crippen LogP contribution in [-0.4, -0.2) is 44.7 Å². The lowest BCUT2D eigenvalue weighted by Crippen LogP contribution is -2.32. The van der Waals surface area contributed by atoms with Gasteiger partial charge in [0.2, 0.25) is 17.5 Å². The van der Waals surface area contributed by atoms with Crippen LogP contribution < -0.4 is 14.2 Å². The Morgan fingerprint density at radius 1 is 0.882 bits per heavy atom. The van der Waals surface area contributed by atoms with E-state index in [0.717, 1.165) is 35.9 Å². The molecule has 1 aliphatic rings. The van der Waals surface area contributed by atoms with Gasteiger partial charge in [-0.05, 0) is 65.2 Å².